The molecule has 0 unspecified atom stereocenters. The molecule has 2 aromatic carbocycles. The first-order chi connectivity index (χ1) is 15.6. The fourth-order valence-electron chi connectivity index (χ4n) is 4.13. The van der Waals surface area contributed by atoms with Crippen LogP contribution in [-0.2, 0) is 14.4 Å². The summed E-state index contributed by atoms with van der Waals surface area (Å²) in [4.78, 5) is 57.8. The number of imide groups is 1. The Hall–Kier alpha value is -3.68. The number of carbonyl (C=O) groups is 4. The number of hydroxylamine groups is 2. The van der Waals surface area contributed by atoms with Gasteiger partial charge in [0.05, 0.1) is 17.0 Å². The molecule has 0 aliphatic carbocycles. The topological polar surface area (TPSA) is 93.2 Å². The van der Waals surface area contributed by atoms with E-state index in [0.29, 0.717) is 18.0 Å². The minimum atomic E-state index is -0.737. The second-order valence-corrected chi connectivity index (χ2v) is 9.29. The summed E-state index contributed by atoms with van der Waals surface area (Å²) in [5, 5.41) is 0.511. The van der Waals surface area contributed by atoms with E-state index in [1.54, 1.807) is 32.9 Å². The average Bonchev–Trinajstić information content (AvgIpc) is 3.03. The fraction of sp³-hybridized carbons (Fsp3) is 0.360. The number of ether oxygens (including phenoxy) is 1. The van der Waals surface area contributed by atoms with Crippen molar-refractivity contribution in [2.75, 3.05) is 13.1 Å². The van der Waals surface area contributed by atoms with E-state index in [2.05, 4.69) is 0 Å². The number of hydrogen-bond donors (Lipinski definition) is 0. The molecule has 0 bridgehead atoms. The van der Waals surface area contributed by atoms with Crippen molar-refractivity contribution in [3.05, 3.63) is 71.3 Å². The second-order valence-electron chi connectivity index (χ2n) is 9.29. The van der Waals surface area contributed by atoms with Gasteiger partial charge in [-0.1, -0.05) is 47.5 Å². The van der Waals surface area contributed by atoms with Crippen molar-refractivity contribution in [3.8, 4) is 0 Å². The second kappa shape index (κ2) is 8.69. The van der Waals surface area contributed by atoms with Gasteiger partial charge < -0.3 is 14.5 Å². The van der Waals surface area contributed by atoms with Crippen molar-refractivity contribution in [1.29, 1.82) is 0 Å². The van der Waals surface area contributed by atoms with Crippen LogP contribution >= 0.6 is 0 Å². The molecule has 1 fully saturated rings. The van der Waals surface area contributed by atoms with Crippen LogP contribution in [-0.4, -0.2) is 52.5 Å². The van der Waals surface area contributed by atoms with Crippen molar-refractivity contribution in [1.82, 2.24) is 9.96 Å². The highest BCUT2D eigenvalue weighted by Crippen LogP contribution is 2.33. The molecule has 0 N–H and O–H groups in total. The van der Waals surface area contributed by atoms with Crippen molar-refractivity contribution in [2.24, 2.45) is 5.92 Å². The van der Waals surface area contributed by atoms with E-state index in [-0.39, 0.29) is 23.6 Å². The highest BCUT2D eigenvalue weighted by atomic mass is 16.7. The molecule has 33 heavy (non-hydrogen) atoms. The number of nitrogens with zero attached hydrogens (tertiary/aromatic N) is 2. The molecule has 0 saturated carbocycles. The van der Waals surface area contributed by atoms with Crippen LogP contribution in [0.15, 0.2) is 54.6 Å². The van der Waals surface area contributed by atoms with Gasteiger partial charge in [0.25, 0.3) is 11.8 Å². The Morgan fingerprint density at radius 3 is 2.03 bits per heavy atom. The van der Waals surface area contributed by atoms with E-state index >= 15 is 0 Å². The van der Waals surface area contributed by atoms with Crippen molar-refractivity contribution in [3.63, 3.8) is 0 Å². The number of piperidine rings is 1. The van der Waals surface area contributed by atoms with Crippen LogP contribution < -0.4 is 0 Å². The molecule has 0 spiro atoms. The van der Waals surface area contributed by atoms with E-state index in [1.807, 2.05) is 30.3 Å². The quantitative estimate of drug-likeness (QED) is 0.661. The Morgan fingerprint density at radius 1 is 0.879 bits per heavy atom. The Labute approximate surface area is 192 Å². The van der Waals surface area contributed by atoms with Crippen molar-refractivity contribution in [2.45, 2.75) is 38.7 Å². The smallest absolute Gasteiger partial charge is 0.410 e. The summed E-state index contributed by atoms with van der Waals surface area (Å²) in [5.41, 5.74) is 0.671. The van der Waals surface area contributed by atoms with Crippen LogP contribution in [0.2, 0.25) is 0 Å². The molecule has 3 amide bonds. The van der Waals surface area contributed by atoms with Gasteiger partial charge in [0.1, 0.15) is 5.60 Å². The van der Waals surface area contributed by atoms with Gasteiger partial charge in [0.15, 0.2) is 0 Å². The number of amides is 3. The number of fused-ring (bicyclic) bond motifs is 1. The van der Waals surface area contributed by atoms with E-state index in [9.17, 15) is 19.2 Å². The van der Waals surface area contributed by atoms with Crippen LogP contribution in [0.25, 0.3) is 0 Å². The molecule has 172 valence electrons. The Bertz CT molecular complexity index is 1060. The zero-order chi connectivity index (χ0) is 23.8. The molecule has 4 rings (SSSR count). The van der Waals surface area contributed by atoms with E-state index < -0.39 is 35.4 Å². The number of carbonyl (C=O) groups excluding carboxylic acids is 4. The Morgan fingerprint density at radius 2 is 1.45 bits per heavy atom. The number of hydrogen-bond acceptors (Lipinski definition) is 6. The van der Waals surface area contributed by atoms with Gasteiger partial charge in [-0.2, -0.15) is 0 Å². The van der Waals surface area contributed by atoms with Crippen LogP contribution in [0.1, 0.15) is 59.4 Å². The third-order valence-electron chi connectivity index (χ3n) is 5.64. The maximum Gasteiger partial charge on any atom is 0.410 e. The minimum Gasteiger partial charge on any atom is -0.444 e. The molecular formula is C25H26N2O6. The highest BCUT2D eigenvalue weighted by molar-refractivity contribution is 6.20. The molecule has 1 saturated heterocycles. The molecule has 2 atom stereocenters. The van der Waals surface area contributed by atoms with Gasteiger partial charge in [-0.25, -0.2) is 9.59 Å². The van der Waals surface area contributed by atoms with E-state index in [0.717, 1.165) is 5.56 Å². The molecular weight excluding hydrogens is 424 g/mol. The molecule has 8 nitrogen and oxygen atoms in total. The minimum absolute atomic E-state index is 0.0697. The third-order valence-corrected chi connectivity index (χ3v) is 5.64. The number of likely N-dealkylation sites (tertiary alicyclic amines) is 1. The zero-order valence-electron chi connectivity index (χ0n) is 18.8. The predicted molar refractivity (Wildman–Crippen MR) is 118 cm³/mol. The third kappa shape index (κ3) is 4.74. The van der Waals surface area contributed by atoms with Gasteiger partial charge in [0, 0.05) is 19.0 Å². The maximum absolute atomic E-state index is 13.1. The Balaban J connectivity index is 1.53. The van der Waals surface area contributed by atoms with Crippen molar-refractivity contribution < 1.29 is 28.8 Å². The van der Waals surface area contributed by atoms with Gasteiger partial charge in [-0.3, -0.25) is 9.59 Å². The molecule has 2 aliphatic rings. The first-order valence-electron chi connectivity index (χ1n) is 10.9. The lowest BCUT2D eigenvalue weighted by molar-refractivity contribution is -0.175. The van der Waals surface area contributed by atoms with Crippen molar-refractivity contribution >= 4 is 23.9 Å². The summed E-state index contributed by atoms with van der Waals surface area (Å²) in [6.07, 6.45) is -0.118. The normalized spacial score (nSPS) is 20.5. The molecule has 0 aromatic heterocycles. The summed E-state index contributed by atoms with van der Waals surface area (Å²) in [7, 11) is 0. The van der Waals surface area contributed by atoms with Crippen LogP contribution in [0, 0.1) is 5.92 Å². The molecule has 2 aromatic rings. The molecule has 2 aliphatic heterocycles. The van der Waals surface area contributed by atoms with Gasteiger partial charge in [-0.15, -0.1) is 0 Å². The first kappa shape index (κ1) is 22.5. The summed E-state index contributed by atoms with van der Waals surface area (Å²) >= 11 is 0. The Kier molecular flexibility index (Phi) is 5.93. The summed E-state index contributed by atoms with van der Waals surface area (Å²) < 4.78 is 5.52. The lowest BCUT2D eigenvalue weighted by Gasteiger charge is -2.37. The lowest BCUT2D eigenvalue weighted by Crippen LogP contribution is -2.48. The largest absolute Gasteiger partial charge is 0.444 e. The van der Waals surface area contributed by atoms with E-state index in [1.165, 1.54) is 17.0 Å². The molecule has 8 heteroatoms. The molecule has 2 heterocycles. The lowest BCUT2D eigenvalue weighted by atomic mass is 9.84. The highest BCUT2D eigenvalue weighted by Gasteiger charge is 2.42. The monoisotopic (exact) mass is 450 g/mol. The van der Waals surface area contributed by atoms with Crippen LogP contribution in [0.5, 0.6) is 0 Å². The fourth-order valence-corrected chi connectivity index (χ4v) is 4.13. The van der Waals surface area contributed by atoms with Crippen LogP contribution in [0.3, 0.4) is 0 Å². The maximum atomic E-state index is 13.1. The first-order valence-corrected chi connectivity index (χ1v) is 10.9. The van der Waals surface area contributed by atoms with Gasteiger partial charge in [0.2, 0.25) is 0 Å². The zero-order valence-corrected chi connectivity index (χ0v) is 18.8. The van der Waals surface area contributed by atoms with E-state index in [4.69, 9.17) is 9.57 Å². The predicted octanol–water partition coefficient (Wildman–Crippen LogP) is 3.78. The summed E-state index contributed by atoms with van der Waals surface area (Å²) in [6, 6.07) is 15.9. The number of rotatable bonds is 3. The molecule has 0 radical (unpaired) electrons. The standard InChI is InChI=1S/C25H26N2O6/c1-25(2,3)32-24(31)26-14-17(16-9-5-4-6-10-16)13-18(15-26)23(30)33-27-21(28)19-11-7-8-12-20(19)22(27)29/h4-12,17-18H,13-15H2,1-3H3/t17-,18+/m1/s1. The average molecular weight is 450 g/mol. The summed E-state index contributed by atoms with van der Waals surface area (Å²) in [6.45, 7) is 5.78. The number of benzene rings is 2. The van der Waals surface area contributed by atoms with Crippen LogP contribution in [0.4, 0.5) is 4.79 Å². The van der Waals surface area contributed by atoms with Gasteiger partial charge >= 0.3 is 12.1 Å². The summed E-state index contributed by atoms with van der Waals surface area (Å²) in [5.74, 6) is -2.96. The SMILES string of the molecule is CC(C)(C)OC(=O)N1C[C@@H](C(=O)ON2C(=O)c3ccccc3C2=O)C[C@@H](c2ccccc2)C1. The van der Waals surface area contributed by atoms with Gasteiger partial charge in [-0.05, 0) is 44.9 Å².